The summed E-state index contributed by atoms with van der Waals surface area (Å²) in [6.07, 6.45) is 2.67. The number of carbonyl (C=O) groups excluding carboxylic acids is 1. The van der Waals surface area contributed by atoms with Gasteiger partial charge in [0.05, 0.1) is 12.0 Å². The minimum absolute atomic E-state index is 0.180. The van der Waals surface area contributed by atoms with E-state index in [0.29, 0.717) is 13.2 Å². The molecule has 0 spiro atoms. The Kier molecular flexibility index (Phi) is 5.86. The Labute approximate surface area is 109 Å². The third-order valence-corrected chi connectivity index (χ3v) is 3.26. The van der Waals surface area contributed by atoms with E-state index in [1.807, 2.05) is 32.0 Å². The Morgan fingerprint density at radius 2 is 2.00 bits per heavy atom. The summed E-state index contributed by atoms with van der Waals surface area (Å²) in [6, 6.07) is 10.3. The molecular weight excluding hydrogens is 226 g/mol. The van der Waals surface area contributed by atoms with Gasteiger partial charge in [-0.3, -0.25) is 4.79 Å². The summed E-state index contributed by atoms with van der Waals surface area (Å²) in [4.78, 5) is 11.8. The fourth-order valence-corrected chi connectivity index (χ4v) is 1.92. The molecule has 0 saturated carbocycles. The largest absolute Gasteiger partial charge is 0.466 e. The molecule has 0 heterocycles. The average molecular weight is 249 g/mol. The Hall–Kier alpha value is -1.35. The first-order valence-electron chi connectivity index (χ1n) is 6.53. The van der Waals surface area contributed by atoms with Crippen LogP contribution in [0.5, 0.6) is 0 Å². The molecule has 1 rings (SSSR count). The second-order valence-corrected chi connectivity index (χ2v) is 4.82. The van der Waals surface area contributed by atoms with Gasteiger partial charge in [-0.05, 0) is 38.7 Å². The second-order valence-electron chi connectivity index (χ2n) is 4.82. The molecule has 2 N–H and O–H groups in total. The molecule has 1 unspecified atom stereocenters. The Bertz CT molecular complexity index is 364. The normalized spacial score (nSPS) is 13.9. The molecule has 0 fully saturated rings. The Balaban J connectivity index is 2.46. The summed E-state index contributed by atoms with van der Waals surface area (Å²) in [5.41, 5.74) is 6.46. The van der Waals surface area contributed by atoms with Crippen molar-refractivity contribution in [2.45, 2.75) is 33.1 Å². The zero-order chi connectivity index (χ0) is 13.4. The molecule has 0 aliphatic carbocycles. The first-order chi connectivity index (χ1) is 8.62. The molecule has 1 aromatic carbocycles. The number of hydrogen-bond acceptors (Lipinski definition) is 3. The van der Waals surface area contributed by atoms with E-state index >= 15 is 0 Å². The van der Waals surface area contributed by atoms with Crippen molar-refractivity contribution in [2.75, 3.05) is 13.2 Å². The van der Waals surface area contributed by atoms with E-state index in [-0.39, 0.29) is 5.97 Å². The predicted molar refractivity (Wildman–Crippen MR) is 73.2 cm³/mol. The van der Waals surface area contributed by atoms with Crippen LogP contribution >= 0.6 is 0 Å². The summed E-state index contributed by atoms with van der Waals surface area (Å²) in [5, 5.41) is 0. The minimum Gasteiger partial charge on any atom is -0.466 e. The molecule has 3 heteroatoms. The van der Waals surface area contributed by atoms with Gasteiger partial charge in [0, 0.05) is 6.54 Å². The van der Waals surface area contributed by atoms with E-state index in [1.54, 1.807) is 0 Å². The summed E-state index contributed by atoms with van der Waals surface area (Å²) in [6.45, 7) is 4.45. The van der Waals surface area contributed by atoms with Crippen molar-refractivity contribution in [1.82, 2.24) is 0 Å². The molecule has 3 nitrogen and oxygen atoms in total. The summed E-state index contributed by atoms with van der Waals surface area (Å²) >= 11 is 0. The minimum atomic E-state index is -0.551. The molecule has 0 amide bonds. The predicted octanol–water partition coefficient (Wildman–Crippen LogP) is 2.54. The molecule has 0 bridgehead atoms. The monoisotopic (exact) mass is 249 g/mol. The average Bonchev–Trinajstić information content (AvgIpc) is 2.40. The van der Waals surface area contributed by atoms with E-state index < -0.39 is 5.41 Å². The van der Waals surface area contributed by atoms with Gasteiger partial charge in [0.2, 0.25) is 0 Å². The highest BCUT2D eigenvalue weighted by atomic mass is 16.5. The maximum absolute atomic E-state index is 11.8. The Morgan fingerprint density at radius 3 is 2.56 bits per heavy atom. The van der Waals surface area contributed by atoms with Crippen molar-refractivity contribution in [3.05, 3.63) is 35.9 Å². The molecule has 0 saturated heterocycles. The highest BCUT2D eigenvalue weighted by Crippen LogP contribution is 2.24. The van der Waals surface area contributed by atoms with Crippen LogP contribution in [0.3, 0.4) is 0 Å². The van der Waals surface area contributed by atoms with Gasteiger partial charge < -0.3 is 10.5 Å². The van der Waals surface area contributed by atoms with Crippen LogP contribution in [-0.2, 0) is 16.0 Å². The Morgan fingerprint density at radius 1 is 1.33 bits per heavy atom. The molecule has 1 atom stereocenters. The molecule has 18 heavy (non-hydrogen) atoms. The fourth-order valence-electron chi connectivity index (χ4n) is 1.92. The molecule has 0 aliphatic heterocycles. The number of carbonyl (C=O) groups is 1. The van der Waals surface area contributed by atoms with Crippen LogP contribution in [0.15, 0.2) is 30.3 Å². The zero-order valence-electron chi connectivity index (χ0n) is 11.3. The van der Waals surface area contributed by atoms with Crippen LogP contribution in [0.25, 0.3) is 0 Å². The van der Waals surface area contributed by atoms with Crippen LogP contribution < -0.4 is 5.73 Å². The first-order valence-corrected chi connectivity index (χ1v) is 6.53. The molecule has 0 aliphatic rings. The maximum atomic E-state index is 11.8. The van der Waals surface area contributed by atoms with Crippen molar-refractivity contribution in [3.8, 4) is 0 Å². The van der Waals surface area contributed by atoms with Crippen LogP contribution in [0, 0.1) is 5.41 Å². The van der Waals surface area contributed by atoms with Crippen molar-refractivity contribution >= 4 is 5.97 Å². The van der Waals surface area contributed by atoms with E-state index in [2.05, 4.69) is 12.1 Å². The lowest BCUT2D eigenvalue weighted by Crippen LogP contribution is -2.37. The lowest BCUT2D eigenvalue weighted by molar-refractivity contribution is -0.154. The number of esters is 1. The number of rotatable bonds is 7. The van der Waals surface area contributed by atoms with E-state index in [4.69, 9.17) is 10.5 Å². The smallest absolute Gasteiger partial charge is 0.313 e. The molecule has 0 radical (unpaired) electrons. The van der Waals surface area contributed by atoms with Crippen LogP contribution in [-0.4, -0.2) is 19.1 Å². The van der Waals surface area contributed by atoms with Crippen molar-refractivity contribution in [1.29, 1.82) is 0 Å². The van der Waals surface area contributed by atoms with E-state index in [9.17, 15) is 4.79 Å². The van der Waals surface area contributed by atoms with Crippen LogP contribution in [0.1, 0.15) is 32.3 Å². The second kappa shape index (κ2) is 7.17. The van der Waals surface area contributed by atoms with E-state index in [1.165, 1.54) is 5.56 Å². The molecule has 100 valence electrons. The fraction of sp³-hybridized carbons (Fsp3) is 0.533. The summed E-state index contributed by atoms with van der Waals surface area (Å²) < 4.78 is 5.08. The standard InChI is InChI=1S/C15H23NO2/c1-3-18-14(17)15(2,12-16)11-7-10-13-8-5-4-6-9-13/h4-6,8-9H,3,7,10-12,16H2,1-2H3. The van der Waals surface area contributed by atoms with Crippen molar-refractivity contribution < 1.29 is 9.53 Å². The topological polar surface area (TPSA) is 52.3 Å². The van der Waals surface area contributed by atoms with Gasteiger partial charge in [-0.1, -0.05) is 30.3 Å². The number of ether oxygens (including phenoxy) is 1. The van der Waals surface area contributed by atoms with Gasteiger partial charge in [-0.2, -0.15) is 0 Å². The first kappa shape index (κ1) is 14.7. The SMILES string of the molecule is CCOC(=O)C(C)(CN)CCCc1ccccc1. The maximum Gasteiger partial charge on any atom is 0.313 e. The van der Waals surface area contributed by atoms with Gasteiger partial charge >= 0.3 is 5.97 Å². The van der Waals surface area contributed by atoms with Gasteiger partial charge in [0.1, 0.15) is 0 Å². The van der Waals surface area contributed by atoms with Gasteiger partial charge in [-0.25, -0.2) is 0 Å². The quantitative estimate of drug-likeness (QED) is 0.755. The summed E-state index contributed by atoms with van der Waals surface area (Å²) in [5.74, 6) is -0.180. The summed E-state index contributed by atoms with van der Waals surface area (Å²) in [7, 11) is 0. The van der Waals surface area contributed by atoms with Crippen molar-refractivity contribution in [3.63, 3.8) is 0 Å². The molecular formula is C15H23NO2. The highest BCUT2D eigenvalue weighted by molar-refractivity contribution is 5.76. The molecule has 0 aromatic heterocycles. The number of aryl methyl sites for hydroxylation is 1. The lowest BCUT2D eigenvalue weighted by atomic mass is 9.84. The third-order valence-electron chi connectivity index (χ3n) is 3.26. The van der Waals surface area contributed by atoms with Gasteiger partial charge in [0.25, 0.3) is 0 Å². The number of nitrogens with two attached hydrogens (primary N) is 1. The van der Waals surface area contributed by atoms with Crippen LogP contribution in [0.2, 0.25) is 0 Å². The zero-order valence-corrected chi connectivity index (χ0v) is 11.3. The lowest BCUT2D eigenvalue weighted by Gasteiger charge is -2.25. The van der Waals surface area contributed by atoms with Gasteiger partial charge in [-0.15, -0.1) is 0 Å². The molecule has 1 aromatic rings. The van der Waals surface area contributed by atoms with Crippen LogP contribution in [0.4, 0.5) is 0 Å². The number of benzene rings is 1. The number of hydrogen-bond donors (Lipinski definition) is 1. The van der Waals surface area contributed by atoms with Gasteiger partial charge in [0.15, 0.2) is 0 Å². The van der Waals surface area contributed by atoms with Crippen molar-refractivity contribution in [2.24, 2.45) is 11.1 Å². The third kappa shape index (κ3) is 4.15. The highest BCUT2D eigenvalue weighted by Gasteiger charge is 2.32. The van der Waals surface area contributed by atoms with E-state index in [0.717, 1.165) is 19.3 Å².